The van der Waals surface area contributed by atoms with Crippen LogP contribution in [0.1, 0.15) is 41.0 Å². The van der Waals surface area contributed by atoms with Crippen LogP contribution in [-0.4, -0.2) is 27.5 Å². The third-order valence-electron chi connectivity index (χ3n) is 3.15. The van der Waals surface area contributed by atoms with Gasteiger partial charge in [-0.25, -0.2) is 9.78 Å². The van der Waals surface area contributed by atoms with E-state index in [4.69, 9.17) is 4.74 Å². The molecule has 0 amide bonds. The second-order valence-corrected chi connectivity index (χ2v) is 6.17. The van der Waals surface area contributed by atoms with Crippen molar-refractivity contribution in [2.75, 3.05) is 5.32 Å². The molecule has 0 unspecified atom stereocenters. The van der Waals surface area contributed by atoms with Crippen molar-refractivity contribution in [3.8, 4) is 0 Å². The lowest BCUT2D eigenvalue weighted by molar-refractivity contribution is -0.384. The molecule has 2 atom stereocenters. The highest BCUT2D eigenvalue weighted by molar-refractivity contribution is 5.80. The highest BCUT2D eigenvalue weighted by Gasteiger charge is 2.31. The van der Waals surface area contributed by atoms with Gasteiger partial charge < -0.3 is 10.1 Å². The second-order valence-electron chi connectivity index (χ2n) is 6.17. The molecule has 0 saturated carbocycles. The van der Waals surface area contributed by atoms with Gasteiger partial charge in [0.25, 0.3) is 0 Å². The number of aromatic nitrogens is 1. The number of esters is 1. The van der Waals surface area contributed by atoms with E-state index in [2.05, 4.69) is 10.3 Å². The van der Waals surface area contributed by atoms with E-state index in [0.29, 0.717) is 0 Å². The smallest absolute Gasteiger partial charge is 0.329 e. The zero-order valence-corrected chi connectivity index (χ0v) is 13.6. The zero-order valence-electron chi connectivity index (χ0n) is 13.6. The van der Waals surface area contributed by atoms with Crippen LogP contribution in [-0.2, 0) is 9.53 Å². The monoisotopic (exact) mass is 309 g/mol. The highest BCUT2D eigenvalue weighted by atomic mass is 16.6. The van der Waals surface area contributed by atoms with E-state index >= 15 is 0 Å². The lowest BCUT2D eigenvalue weighted by atomic mass is 9.99. The first-order valence-corrected chi connectivity index (χ1v) is 7.24. The minimum atomic E-state index is -0.696. The van der Waals surface area contributed by atoms with Gasteiger partial charge in [-0.05, 0) is 32.8 Å². The molecule has 0 saturated heterocycles. The van der Waals surface area contributed by atoms with Crippen LogP contribution < -0.4 is 5.32 Å². The SMILES string of the molecule is CC[C@H](C)[C@H](Nc1ncccc1[N+](=O)[O-])C(=O)OC(C)(C)C. The summed E-state index contributed by atoms with van der Waals surface area (Å²) in [6, 6.07) is 2.13. The second kappa shape index (κ2) is 7.20. The molecule has 22 heavy (non-hydrogen) atoms. The molecule has 0 bridgehead atoms. The minimum Gasteiger partial charge on any atom is -0.458 e. The fourth-order valence-electron chi connectivity index (χ4n) is 1.84. The lowest BCUT2D eigenvalue weighted by Gasteiger charge is -2.27. The molecule has 0 fully saturated rings. The van der Waals surface area contributed by atoms with Crippen molar-refractivity contribution < 1.29 is 14.5 Å². The van der Waals surface area contributed by atoms with Gasteiger partial charge in [0.15, 0.2) is 0 Å². The molecule has 1 rings (SSSR count). The molecule has 1 heterocycles. The number of nitro groups is 1. The van der Waals surface area contributed by atoms with Gasteiger partial charge in [0.2, 0.25) is 5.82 Å². The number of ether oxygens (including phenoxy) is 1. The normalized spacial score (nSPS) is 14.0. The Labute approximate surface area is 130 Å². The van der Waals surface area contributed by atoms with Crippen LogP contribution in [0.2, 0.25) is 0 Å². The van der Waals surface area contributed by atoms with Gasteiger partial charge in [-0.2, -0.15) is 0 Å². The fourth-order valence-corrected chi connectivity index (χ4v) is 1.84. The van der Waals surface area contributed by atoms with Crippen molar-refractivity contribution in [3.63, 3.8) is 0 Å². The summed E-state index contributed by atoms with van der Waals surface area (Å²) in [6.07, 6.45) is 2.16. The van der Waals surface area contributed by atoms with Gasteiger partial charge in [-0.3, -0.25) is 10.1 Å². The molecule has 1 aromatic heterocycles. The standard InChI is InChI=1S/C15H23N3O4/c1-6-10(2)12(14(19)22-15(3,4)5)17-13-11(18(20)21)8-7-9-16-13/h7-10,12H,6H2,1-5H3,(H,16,17)/t10-,12-/m0/s1. The average molecular weight is 309 g/mol. The van der Waals surface area contributed by atoms with Crippen LogP contribution in [0.3, 0.4) is 0 Å². The van der Waals surface area contributed by atoms with Gasteiger partial charge in [0.1, 0.15) is 11.6 Å². The van der Waals surface area contributed by atoms with E-state index in [1.807, 2.05) is 13.8 Å². The predicted molar refractivity (Wildman–Crippen MR) is 83.6 cm³/mol. The molecule has 0 aromatic carbocycles. The van der Waals surface area contributed by atoms with Gasteiger partial charge in [-0.15, -0.1) is 0 Å². The summed E-state index contributed by atoms with van der Waals surface area (Å²) in [6.45, 7) is 9.16. The summed E-state index contributed by atoms with van der Waals surface area (Å²) in [5.41, 5.74) is -0.792. The first-order valence-electron chi connectivity index (χ1n) is 7.24. The molecule has 1 aromatic rings. The Balaban J connectivity index is 3.05. The molecule has 7 heteroatoms. The number of pyridine rings is 1. The van der Waals surface area contributed by atoms with Crippen LogP contribution in [0, 0.1) is 16.0 Å². The van der Waals surface area contributed by atoms with Gasteiger partial charge in [-0.1, -0.05) is 20.3 Å². The van der Waals surface area contributed by atoms with Crippen LogP contribution >= 0.6 is 0 Å². The molecule has 7 nitrogen and oxygen atoms in total. The number of rotatable bonds is 6. The number of nitrogens with zero attached hydrogens (tertiary/aromatic N) is 2. The van der Waals surface area contributed by atoms with Crippen LogP contribution in [0.5, 0.6) is 0 Å². The number of carbonyl (C=O) groups is 1. The van der Waals surface area contributed by atoms with Crippen molar-refractivity contribution in [3.05, 3.63) is 28.4 Å². The fraction of sp³-hybridized carbons (Fsp3) is 0.600. The Bertz CT molecular complexity index is 540. The van der Waals surface area contributed by atoms with Gasteiger partial charge >= 0.3 is 11.7 Å². The van der Waals surface area contributed by atoms with Crippen molar-refractivity contribution in [1.82, 2.24) is 4.98 Å². The van der Waals surface area contributed by atoms with Crippen molar-refractivity contribution >= 4 is 17.5 Å². The van der Waals surface area contributed by atoms with Crippen molar-refractivity contribution in [1.29, 1.82) is 0 Å². The summed E-state index contributed by atoms with van der Waals surface area (Å²) in [4.78, 5) is 26.9. The largest absolute Gasteiger partial charge is 0.458 e. The van der Waals surface area contributed by atoms with Gasteiger partial charge in [0, 0.05) is 12.3 Å². The molecular formula is C15H23N3O4. The minimum absolute atomic E-state index is 0.0588. The first kappa shape index (κ1) is 17.9. The summed E-state index contributed by atoms with van der Waals surface area (Å²) in [7, 11) is 0. The third kappa shape index (κ3) is 4.98. The number of nitrogens with one attached hydrogen (secondary N) is 1. The van der Waals surface area contributed by atoms with E-state index in [1.165, 1.54) is 18.3 Å². The van der Waals surface area contributed by atoms with E-state index in [9.17, 15) is 14.9 Å². The third-order valence-corrected chi connectivity index (χ3v) is 3.15. The Morgan fingerprint density at radius 3 is 2.64 bits per heavy atom. The number of carbonyl (C=O) groups excluding carboxylic acids is 1. The summed E-state index contributed by atoms with van der Waals surface area (Å²) in [5, 5.41) is 13.9. The first-order chi connectivity index (χ1) is 10.2. The maximum atomic E-state index is 12.4. The molecular weight excluding hydrogens is 286 g/mol. The predicted octanol–water partition coefficient (Wildman–Crippen LogP) is 3.16. The molecule has 1 N–H and O–H groups in total. The Hall–Kier alpha value is -2.18. The van der Waals surface area contributed by atoms with E-state index < -0.39 is 22.5 Å². The van der Waals surface area contributed by atoms with E-state index in [-0.39, 0.29) is 17.4 Å². The Kier molecular flexibility index (Phi) is 5.84. The molecule has 0 spiro atoms. The van der Waals surface area contributed by atoms with Crippen molar-refractivity contribution in [2.45, 2.75) is 52.7 Å². The van der Waals surface area contributed by atoms with Gasteiger partial charge in [0.05, 0.1) is 4.92 Å². The topological polar surface area (TPSA) is 94.4 Å². The molecule has 0 aliphatic heterocycles. The van der Waals surface area contributed by atoms with Crippen LogP contribution in [0.4, 0.5) is 11.5 Å². The van der Waals surface area contributed by atoms with E-state index in [0.717, 1.165) is 6.42 Å². The van der Waals surface area contributed by atoms with Crippen LogP contribution in [0.25, 0.3) is 0 Å². The number of hydrogen-bond donors (Lipinski definition) is 1. The highest BCUT2D eigenvalue weighted by Crippen LogP contribution is 2.24. The maximum Gasteiger partial charge on any atom is 0.329 e. The summed E-state index contributed by atoms with van der Waals surface area (Å²) >= 11 is 0. The molecule has 0 aliphatic carbocycles. The summed E-state index contributed by atoms with van der Waals surface area (Å²) in [5.74, 6) is -0.429. The number of anilines is 1. The molecule has 0 aliphatic rings. The number of hydrogen-bond acceptors (Lipinski definition) is 6. The zero-order chi connectivity index (χ0) is 16.9. The quantitative estimate of drug-likeness (QED) is 0.493. The Morgan fingerprint density at radius 1 is 1.50 bits per heavy atom. The van der Waals surface area contributed by atoms with E-state index in [1.54, 1.807) is 20.8 Å². The molecule has 0 radical (unpaired) electrons. The lowest BCUT2D eigenvalue weighted by Crippen LogP contribution is -2.41. The van der Waals surface area contributed by atoms with Crippen molar-refractivity contribution in [2.24, 2.45) is 5.92 Å². The Morgan fingerprint density at radius 2 is 2.14 bits per heavy atom. The maximum absolute atomic E-state index is 12.4. The molecule has 122 valence electrons. The van der Waals surface area contributed by atoms with Crippen LogP contribution in [0.15, 0.2) is 18.3 Å². The summed E-state index contributed by atoms with van der Waals surface area (Å²) < 4.78 is 5.40. The average Bonchev–Trinajstić information content (AvgIpc) is 2.42.